The lowest BCUT2D eigenvalue weighted by Crippen LogP contribution is -2.26. The van der Waals surface area contributed by atoms with Gasteiger partial charge in [-0.1, -0.05) is 0 Å². The van der Waals surface area contributed by atoms with Crippen LogP contribution in [0.3, 0.4) is 0 Å². The molecule has 0 atom stereocenters. The zero-order valence-electron chi connectivity index (χ0n) is 10.7. The molecule has 1 heterocycles. The van der Waals surface area contributed by atoms with Crippen molar-refractivity contribution in [2.75, 3.05) is 25.5 Å². The first-order valence-electron chi connectivity index (χ1n) is 5.58. The molecule has 0 amide bonds. The summed E-state index contributed by atoms with van der Waals surface area (Å²) in [6.45, 7) is 2.31. The number of aryl methyl sites for hydroxylation is 1. The molecule has 0 saturated heterocycles. The van der Waals surface area contributed by atoms with E-state index in [1.54, 1.807) is 13.2 Å². The summed E-state index contributed by atoms with van der Waals surface area (Å²) in [6.07, 6.45) is -3.39. The van der Waals surface area contributed by atoms with Crippen LogP contribution in [0.2, 0.25) is 0 Å². The van der Waals surface area contributed by atoms with Crippen molar-refractivity contribution < 1.29 is 13.2 Å². The highest BCUT2D eigenvalue weighted by atomic mass is 19.4. The number of hydrogen-bond acceptors (Lipinski definition) is 4. The number of anilines is 1. The fourth-order valence-corrected chi connectivity index (χ4v) is 1.42. The van der Waals surface area contributed by atoms with E-state index in [4.69, 9.17) is 0 Å². The van der Waals surface area contributed by atoms with E-state index in [0.717, 1.165) is 11.3 Å². The number of halogens is 3. The van der Waals surface area contributed by atoms with Gasteiger partial charge >= 0.3 is 6.18 Å². The largest absolute Gasteiger partial charge is 0.390 e. The topological polar surface area (TPSA) is 41.1 Å². The Kier molecular flexibility index (Phi) is 4.89. The van der Waals surface area contributed by atoms with E-state index >= 15 is 0 Å². The van der Waals surface area contributed by atoms with Gasteiger partial charge in [-0.2, -0.15) is 13.2 Å². The molecule has 0 radical (unpaired) electrons. The summed E-state index contributed by atoms with van der Waals surface area (Å²) in [4.78, 5) is 9.67. The third-order valence-corrected chi connectivity index (χ3v) is 2.51. The SMILES string of the molecule is CNCc1cnc(N(C)CCC(F)(F)F)nc1C. The van der Waals surface area contributed by atoms with Crippen molar-refractivity contribution >= 4 is 5.95 Å². The summed E-state index contributed by atoms with van der Waals surface area (Å²) in [7, 11) is 3.36. The van der Waals surface area contributed by atoms with Crippen molar-refractivity contribution in [3.63, 3.8) is 0 Å². The molecule has 4 nitrogen and oxygen atoms in total. The molecule has 0 aliphatic heterocycles. The lowest BCUT2D eigenvalue weighted by atomic mass is 10.2. The van der Waals surface area contributed by atoms with Crippen molar-refractivity contribution in [2.24, 2.45) is 0 Å². The van der Waals surface area contributed by atoms with E-state index in [0.29, 0.717) is 12.5 Å². The molecule has 7 heteroatoms. The zero-order chi connectivity index (χ0) is 13.8. The lowest BCUT2D eigenvalue weighted by molar-refractivity contribution is -0.132. The van der Waals surface area contributed by atoms with Crippen LogP contribution in [-0.2, 0) is 6.54 Å². The Morgan fingerprint density at radius 2 is 2.06 bits per heavy atom. The van der Waals surface area contributed by atoms with Crippen LogP contribution in [0, 0.1) is 6.92 Å². The van der Waals surface area contributed by atoms with E-state index in [-0.39, 0.29) is 6.54 Å². The molecule has 0 saturated carbocycles. The van der Waals surface area contributed by atoms with Crippen LogP contribution >= 0.6 is 0 Å². The maximum absolute atomic E-state index is 12.1. The maximum atomic E-state index is 12.1. The minimum Gasteiger partial charge on any atom is -0.344 e. The Hall–Kier alpha value is -1.37. The van der Waals surface area contributed by atoms with Crippen LogP contribution in [0.4, 0.5) is 19.1 Å². The molecule has 1 rings (SSSR count). The first-order chi connectivity index (χ1) is 8.33. The van der Waals surface area contributed by atoms with Crippen molar-refractivity contribution in [2.45, 2.75) is 26.1 Å². The summed E-state index contributed by atoms with van der Waals surface area (Å²) >= 11 is 0. The standard InChI is InChI=1S/C11H17F3N4/c1-8-9(6-15-2)7-16-10(17-8)18(3)5-4-11(12,13)14/h7,15H,4-6H2,1-3H3. The first kappa shape index (κ1) is 14.7. The van der Waals surface area contributed by atoms with Crippen LogP contribution in [-0.4, -0.2) is 36.8 Å². The highest BCUT2D eigenvalue weighted by molar-refractivity contribution is 5.31. The van der Waals surface area contributed by atoms with E-state index in [9.17, 15) is 13.2 Å². The molecule has 1 aromatic rings. The van der Waals surface area contributed by atoms with Crippen molar-refractivity contribution in [3.05, 3.63) is 17.5 Å². The number of nitrogens with zero attached hydrogens (tertiary/aromatic N) is 3. The molecule has 0 aromatic carbocycles. The molecule has 102 valence electrons. The van der Waals surface area contributed by atoms with Crippen molar-refractivity contribution in [3.8, 4) is 0 Å². The van der Waals surface area contributed by atoms with Gasteiger partial charge in [-0.05, 0) is 14.0 Å². The highest BCUT2D eigenvalue weighted by Crippen LogP contribution is 2.20. The van der Waals surface area contributed by atoms with Gasteiger partial charge in [0.2, 0.25) is 5.95 Å². The second-order valence-corrected chi connectivity index (χ2v) is 4.10. The van der Waals surface area contributed by atoms with E-state index in [1.165, 1.54) is 4.90 Å². The molecule has 0 bridgehead atoms. The van der Waals surface area contributed by atoms with Crippen molar-refractivity contribution in [1.29, 1.82) is 0 Å². The first-order valence-corrected chi connectivity index (χ1v) is 5.58. The van der Waals surface area contributed by atoms with Gasteiger partial charge in [0.05, 0.1) is 6.42 Å². The molecule has 18 heavy (non-hydrogen) atoms. The second kappa shape index (κ2) is 5.99. The molecule has 0 unspecified atom stereocenters. The van der Waals surface area contributed by atoms with Gasteiger partial charge in [0.1, 0.15) is 0 Å². The molecule has 1 aromatic heterocycles. The number of nitrogens with one attached hydrogen (secondary N) is 1. The van der Waals surface area contributed by atoms with Crippen molar-refractivity contribution in [1.82, 2.24) is 15.3 Å². The Balaban J connectivity index is 2.69. The third-order valence-electron chi connectivity index (χ3n) is 2.51. The van der Waals surface area contributed by atoms with Gasteiger partial charge in [-0.15, -0.1) is 0 Å². The minimum atomic E-state index is -4.16. The Bertz CT molecular complexity index is 392. The number of alkyl halides is 3. The molecule has 0 aliphatic carbocycles. The number of rotatable bonds is 5. The summed E-state index contributed by atoms with van der Waals surface area (Å²) in [6, 6.07) is 0. The average Bonchev–Trinajstić information content (AvgIpc) is 2.28. The molecular formula is C11H17F3N4. The van der Waals surface area contributed by atoms with Crippen LogP contribution < -0.4 is 10.2 Å². The van der Waals surface area contributed by atoms with Crippen LogP contribution in [0.25, 0.3) is 0 Å². The maximum Gasteiger partial charge on any atom is 0.390 e. The van der Waals surface area contributed by atoms with E-state index in [2.05, 4.69) is 15.3 Å². The quantitative estimate of drug-likeness (QED) is 0.880. The third kappa shape index (κ3) is 4.48. The van der Waals surface area contributed by atoms with Gasteiger partial charge in [-0.25, -0.2) is 9.97 Å². The molecule has 0 fully saturated rings. The fourth-order valence-electron chi connectivity index (χ4n) is 1.42. The fraction of sp³-hybridized carbons (Fsp3) is 0.636. The predicted octanol–water partition coefficient (Wildman–Crippen LogP) is 1.89. The van der Waals surface area contributed by atoms with Crippen LogP contribution in [0.1, 0.15) is 17.7 Å². The van der Waals surface area contributed by atoms with E-state index in [1.807, 2.05) is 14.0 Å². The molecule has 0 spiro atoms. The Labute approximate surface area is 104 Å². The summed E-state index contributed by atoms with van der Waals surface area (Å²) in [5.41, 5.74) is 1.71. The molecular weight excluding hydrogens is 245 g/mol. The van der Waals surface area contributed by atoms with E-state index < -0.39 is 12.6 Å². The predicted molar refractivity (Wildman–Crippen MR) is 63.5 cm³/mol. The summed E-state index contributed by atoms with van der Waals surface area (Å²) in [5.74, 6) is 0.316. The zero-order valence-corrected chi connectivity index (χ0v) is 10.7. The normalized spacial score (nSPS) is 11.7. The summed E-state index contributed by atoms with van der Waals surface area (Å²) in [5, 5.41) is 2.98. The van der Waals surface area contributed by atoms with Gasteiger partial charge in [0.15, 0.2) is 0 Å². The highest BCUT2D eigenvalue weighted by Gasteiger charge is 2.27. The van der Waals surface area contributed by atoms with Gasteiger partial charge in [0, 0.05) is 37.6 Å². The van der Waals surface area contributed by atoms with Gasteiger partial charge in [-0.3, -0.25) is 0 Å². The summed E-state index contributed by atoms with van der Waals surface area (Å²) < 4.78 is 36.3. The number of hydrogen-bond donors (Lipinski definition) is 1. The minimum absolute atomic E-state index is 0.145. The average molecular weight is 262 g/mol. The van der Waals surface area contributed by atoms with Gasteiger partial charge in [0.25, 0.3) is 0 Å². The second-order valence-electron chi connectivity index (χ2n) is 4.10. The van der Waals surface area contributed by atoms with Crippen LogP contribution in [0.15, 0.2) is 6.20 Å². The smallest absolute Gasteiger partial charge is 0.344 e. The van der Waals surface area contributed by atoms with Crippen LogP contribution in [0.5, 0.6) is 0 Å². The molecule has 1 N–H and O–H groups in total. The Morgan fingerprint density at radius 3 is 2.56 bits per heavy atom. The Morgan fingerprint density at radius 1 is 1.39 bits per heavy atom. The molecule has 0 aliphatic rings. The monoisotopic (exact) mass is 262 g/mol. The van der Waals surface area contributed by atoms with Gasteiger partial charge < -0.3 is 10.2 Å². The number of aromatic nitrogens is 2. The lowest BCUT2D eigenvalue weighted by Gasteiger charge is -2.18.